The minimum absolute atomic E-state index is 0.659. The molecule has 34 heavy (non-hydrogen) atoms. The van der Waals surface area contributed by atoms with Gasteiger partial charge in [0.25, 0.3) is 0 Å². The fraction of sp³-hybridized carbons (Fsp3) is 0.333. The lowest BCUT2D eigenvalue weighted by Crippen LogP contribution is -2.56. The zero-order chi connectivity index (χ0) is 25.1. The van der Waals surface area contributed by atoms with Crippen molar-refractivity contribution in [1.82, 2.24) is 0 Å². The fourth-order valence-electron chi connectivity index (χ4n) is 3.89. The molecule has 8 N–H and O–H groups in total. The molecule has 2 aromatic rings. The van der Waals surface area contributed by atoms with E-state index < -0.39 is 106 Å². The van der Waals surface area contributed by atoms with Gasteiger partial charge in [0.15, 0.2) is 35.4 Å². The predicted octanol–water partition coefficient (Wildman–Crippen LogP) is -0.00280. The highest BCUT2D eigenvalue weighted by atomic mass is 16.7. The standard InChI is InChI=1S/C21H20O13/c1-5-13(24)18-10(33-19(5)29)4-32-20(30)6-2-8(22)14(25)16(27)11(6)12-7(21(31)34-18)3-9(23)15(26)17(12)28/h2-3,5,10,13,18-19,22-29H,4H2,1H3/t5?,10?,13-,18+,19-/m1/s1. The molecular formula is C21H20O13. The number of hydrogen-bond donors (Lipinski definition) is 8. The Bertz CT molecular complexity index is 1190. The Morgan fingerprint density at radius 2 is 1.29 bits per heavy atom. The molecule has 1 fully saturated rings. The van der Waals surface area contributed by atoms with E-state index in [9.17, 15) is 50.4 Å². The number of aromatic hydroxyl groups is 6. The first-order valence-electron chi connectivity index (χ1n) is 9.89. The van der Waals surface area contributed by atoms with Crippen LogP contribution in [-0.2, 0) is 14.2 Å². The molecule has 2 aliphatic rings. The number of fused-ring (bicyclic) bond motifs is 4. The van der Waals surface area contributed by atoms with Gasteiger partial charge >= 0.3 is 11.9 Å². The summed E-state index contributed by atoms with van der Waals surface area (Å²) >= 11 is 0. The summed E-state index contributed by atoms with van der Waals surface area (Å²) in [5, 5.41) is 81.6. The Hall–Kier alpha value is -3.94. The lowest BCUT2D eigenvalue weighted by Gasteiger charge is -2.40. The molecule has 0 amide bonds. The fourth-order valence-corrected chi connectivity index (χ4v) is 3.89. The Kier molecular flexibility index (Phi) is 5.55. The first kappa shape index (κ1) is 23.2. The average Bonchev–Trinajstić information content (AvgIpc) is 2.81. The van der Waals surface area contributed by atoms with Crippen LogP contribution in [0.4, 0.5) is 0 Å². The van der Waals surface area contributed by atoms with Crippen molar-refractivity contribution in [3.05, 3.63) is 23.3 Å². The molecular weight excluding hydrogens is 460 g/mol. The molecule has 0 radical (unpaired) electrons. The molecule has 1 saturated heterocycles. The van der Waals surface area contributed by atoms with E-state index in [1.165, 1.54) is 6.92 Å². The van der Waals surface area contributed by atoms with Gasteiger partial charge in [0, 0.05) is 17.0 Å². The number of aliphatic hydroxyl groups is 2. The van der Waals surface area contributed by atoms with Crippen LogP contribution >= 0.6 is 0 Å². The van der Waals surface area contributed by atoms with Gasteiger partial charge in [-0.3, -0.25) is 0 Å². The number of aliphatic hydroxyl groups excluding tert-OH is 2. The second-order valence-electron chi connectivity index (χ2n) is 7.91. The molecule has 4 rings (SSSR count). The number of carbonyl (C=O) groups is 2. The molecule has 0 spiro atoms. The SMILES string of the molecule is CC1[C@H](O)OC2COC(=O)c3cc(O)c(O)c(O)c3-c3c(cc(O)c(O)c3O)C(=O)O[C@@H]2[C@@H]1O. The van der Waals surface area contributed by atoms with E-state index in [0.717, 1.165) is 0 Å². The van der Waals surface area contributed by atoms with Crippen LogP contribution in [-0.4, -0.2) is 84.0 Å². The zero-order valence-electron chi connectivity index (χ0n) is 17.4. The highest BCUT2D eigenvalue weighted by Gasteiger charge is 2.46. The third-order valence-electron chi connectivity index (χ3n) is 5.83. The summed E-state index contributed by atoms with van der Waals surface area (Å²) in [7, 11) is 0. The molecule has 0 saturated carbocycles. The highest BCUT2D eigenvalue weighted by molar-refractivity contribution is 6.08. The molecule has 0 bridgehead atoms. The van der Waals surface area contributed by atoms with Crippen molar-refractivity contribution in [2.24, 2.45) is 5.92 Å². The summed E-state index contributed by atoms with van der Waals surface area (Å²) in [5.74, 6) is -10.0. The van der Waals surface area contributed by atoms with Gasteiger partial charge < -0.3 is 55.1 Å². The Morgan fingerprint density at radius 1 is 0.794 bits per heavy atom. The van der Waals surface area contributed by atoms with E-state index in [2.05, 4.69) is 0 Å². The second kappa shape index (κ2) is 8.13. The minimum Gasteiger partial charge on any atom is -0.504 e. The van der Waals surface area contributed by atoms with Gasteiger partial charge in [-0.2, -0.15) is 0 Å². The largest absolute Gasteiger partial charge is 0.504 e. The van der Waals surface area contributed by atoms with Gasteiger partial charge in [-0.15, -0.1) is 0 Å². The molecule has 2 aromatic carbocycles. The summed E-state index contributed by atoms with van der Waals surface area (Å²) in [6.45, 7) is 0.734. The molecule has 0 aromatic heterocycles. The van der Waals surface area contributed by atoms with Crippen LogP contribution in [0, 0.1) is 5.92 Å². The van der Waals surface area contributed by atoms with Crippen LogP contribution < -0.4 is 0 Å². The van der Waals surface area contributed by atoms with E-state index >= 15 is 0 Å². The number of cyclic esters (lactones) is 1. The number of phenols is 6. The molecule has 13 nitrogen and oxygen atoms in total. The maximum atomic E-state index is 13.1. The first-order valence-corrected chi connectivity index (χ1v) is 9.89. The Morgan fingerprint density at radius 3 is 1.82 bits per heavy atom. The summed E-state index contributed by atoms with van der Waals surface area (Å²) < 4.78 is 15.8. The lowest BCUT2D eigenvalue weighted by atomic mass is 9.91. The van der Waals surface area contributed by atoms with Crippen LogP contribution in [0.2, 0.25) is 0 Å². The highest BCUT2D eigenvalue weighted by Crippen LogP contribution is 2.52. The van der Waals surface area contributed by atoms with Crippen LogP contribution in [0.3, 0.4) is 0 Å². The lowest BCUT2D eigenvalue weighted by molar-refractivity contribution is -0.265. The Labute approximate surface area is 190 Å². The summed E-state index contributed by atoms with van der Waals surface area (Å²) in [6, 6.07) is 1.33. The van der Waals surface area contributed by atoms with E-state index in [-0.39, 0.29) is 0 Å². The quantitative estimate of drug-likeness (QED) is 0.184. The van der Waals surface area contributed by atoms with Crippen molar-refractivity contribution in [2.75, 3.05) is 6.61 Å². The summed E-state index contributed by atoms with van der Waals surface area (Å²) in [5.41, 5.74) is -2.85. The molecule has 2 heterocycles. The van der Waals surface area contributed by atoms with Gasteiger partial charge in [-0.25, -0.2) is 9.59 Å². The summed E-state index contributed by atoms with van der Waals surface area (Å²) in [4.78, 5) is 26.0. The van der Waals surface area contributed by atoms with E-state index in [4.69, 9.17) is 14.2 Å². The van der Waals surface area contributed by atoms with Crippen molar-refractivity contribution >= 4 is 11.9 Å². The zero-order valence-corrected chi connectivity index (χ0v) is 17.4. The predicted molar refractivity (Wildman–Crippen MR) is 107 cm³/mol. The van der Waals surface area contributed by atoms with Gasteiger partial charge in [0.05, 0.1) is 11.1 Å². The smallest absolute Gasteiger partial charge is 0.339 e. The van der Waals surface area contributed by atoms with Crippen molar-refractivity contribution in [1.29, 1.82) is 0 Å². The van der Waals surface area contributed by atoms with Crippen LogP contribution in [0.15, 0.2) is 12.1 Å². The second-order valence-corrected chi connectivity index (χ2v) is 7.91. The normalized spacial score (nSPS) is 26.9. The first-order chi connectivity index (χ1) is 15.9. The maximum absolute atomic E-state index is 13.1. The molecule has 5 atom stereocenters. The number of phenolic OH excluding ortho intramolecular Hbond substituents is 6. The van der Waals surface area contributed by atoms with Gasteiger partial charge in [0.1, 0.15) is 18.8 Å². The number of carbonyl (C=O) groups excluding carboxylic acids is 2. The third-order valence-corrected chi connectivity index (χ3v) is 5.83. The third kappa shape index (κ3) is 3.46. The number of hydrogen-bond acceptors (Lipinski definition) is 13. The van der Waals surface area contributed by atoms with Crippen molar-refractivity contribution < 1.29 is 64.7 Å². The van der Waals surface area contributed by atoms with E-state index in [0.29, 0.717) is 12.1 Å². The number of benzene rings is 2. The van der Waals surface area contributed by atoms with Crippen molar-refractivity contribution in [3.63, 3.8) is 0 Å². The summed E-state index contributed by atoms with van der Waals surface area (Å²) in [6.07, 6.45) is -5.86. The van der Waals surface area contributed by atoms with Gasteiger partial charge in [-0.1, -0.05) is 6.92 Å². The van der Waals surface area contributed by atoms with E-state index in [1.807, 2.05) is 0 Å². The molecule has 13 heteroatoms. The topological polar surface area (TPSA) is 224 Å². The molecule has 2 aliphatic heterocycles. The molecule has 182 valence electrons. The average molecular weight is 480 g/mol. The van der Waals surface area contributed by atoms with Gasteiger partial charge in [-0.05, 0) is 12.1 Å². The van der Waals surface area contributed by atoms with Crippen LogP contribution in [0.25, 0.3) is 11.1 Å². The van der Waals surface area contributed by atoms with Crippen LogP contribution in [0.1, 0.15) is 27.6 Å². The minimum atomic E-state index is -1.51. The Balaban J connectivity index is 2.02. The van der Waals surface area contributed by atoms with E-state index in [1.54, 1.807) is 0 Å². The van der Waals surface area contributed by atoms with Gasteiger partial charge in [0.2, 0.25) is 11.5 Å². The van der Waals surface area contributed by atoms with Crippen LogP contribution in [0.5, 0.6) is 34.5 Å². The van der Waals surface area contributed by atoms with Crippen molar-refractivity contribution in [2.45, 2.75) is 31.5 Å². The van der Waals surface area contributed by atoms with Crippen molar-refractivity contribution in [3.8, 4) is 45.6 Å². The number of rotatable bonds is 0. The monoisotopic (exact) mass is 480 g/mol. The maximum Gasteiger partial charge on any atom is 0.339 e. The number of ether oxygens (including phenoxy) is 3. The number of esters is 2. The molecule has 0 aliphatic carbocycles. The molecule has 2 unspecified atom stereocenters.